The number of benzene rings is 1. The van der Waals surface area contributed by atoms with Gasteiger partial charge in [-0.3, -0.25) is 0 Å². The van der Waals surface area contributed by atoms with E-state index < -0.39 is 21.8 Å². The van der Waals surface area contributed by atoms with Crippen LogP contribution in [0.4, 0.5) is 8.78 Å². The Labute approximate surface area is 124 Å². The molecule has 0 aliphatic carbocycles. The largest absolute Gasteiger partial charge is 0.476 e. The molecule has 2 aromatic rings. The third kappa shape index (κ3) is 1.90. The Morgan fingerprint density at radius 3 is 2.85 bits per heavy atom. The molecule has 0 amide bonds. The van der Waals surface area contributed by atoms with Gasteiger partial charge >= 0.3 is 11.9 Å². The quantitative estimate of drug-likeness (QED) is 0.786. The van der Waals surface area contributed by atoms with E-state index in [1.807, 2.05) is 0 Å². The fourth-order valence-electron chi connectivity index (χ4n) is 1.87. The van der Waals surface area contributed by atoms with Crippen molar-refractivity contribution in [3.05, 3.63) is 34.2 Å². The van der Waals surface area contributed by atoms with Gasteiger partial charge < -0.3 is 9.84 Å². The molecule has 1 aromatic carbocycles. The maximum Gasteiger partial charge on any atom is 0.365 e. The molecule has 1 aromatic heterocycles. The van der Waals surface area contributed by atoms with Crippen molar-refractivity contribution in [2.24, 2.45) is 0 Å². The maximum atomic E-state index is 14.3. The van der Waals surface area contributed by atoms with E-state index in [0.29, 0.717) is 16.9 Å². The van der Waals surface area contributed by atoms with Crippen LogP contribution >= 0.6 is 27.3 Å². The summed E-state index contributed by atoms with van der Waals surface area (Å²) >= 11 is 3.27. The summed E-state index contributed by atoms with van der Waals surface area (Å²) in [6.07, 6.45) is 0. The number of aromatic nitrogens is 1. The standard InChI is InChI=1S/C12H6BrF2NO3S/c13-11-12(14,15)8-7(16-9(20-8)10(17)18)5-3-1-2-4-6(5)19-11/h1-4,11H,(H,17,18). The highest BCUT2D eigenvalue weighted by Gasteiger charge is 2.49. The summed E-state index contributed by atoms with van der Waals surface area (Å²) in [5, 5.41) is 7.00. The Balaban J connectivity index is 2.32. The van der Waals surface area contributed by atoms with E-state index in [1.54, 1.807) is 18.2 Å². The first kappa shape index (κ1) is 13.4. The van der Waals surface area contributed by atoms with E-state index in [4.69, 9.17) is 9.84 Å². The van der Waals surface area contributed by atoms with Gasteiger partial charge in [0, 0.05) is 5.56 Å². The van der Waals surface area contributed by atoms with Gasteiger partial charge in [0.05, 0.1) is 5.69 Å². The predicted octanol–water partition coefficient (Wildman–Crippen LogP) is 3.71. The van der Waals surface area contributed by atoms with Crippen LogP contribution in [0.2, 0.25) is 0 Å². The van der Waals surface area contributed by atoms with E-state index in [0.717, 1.165) is 0 Å². The predicted molar refractivity (Wildman–Crippen MR) is 71.7 cm³/mol. The van der Waals surface area contributed by atoms with Crippen molar-refractivity contribution in [1.29, 1.82) is 0 Å². The maximum absolute atomic E-state index is 14.3. The average molecular weight is 362 g/mol. The first-order valence-corrected chi connectivity index (χ1v) is 7.17. The van der Waals surface area contributed by atoms with E-state index in [-0.39, 0.29) is 16.5 Å². The SMILES string of the molecule is O=C(O)c1nc2c(s1)C(F)(F)C(Br)Oc1ccccc1-2. The van der Waals surface area contributed by atoms with Crippen LogP contribution in [-0.2, 0) is 5.92 Å². The van der Waals surface area contributed by atoms with Gasteiger partial charge in [0.2, 0.25) is 10.0 Å². The minimum Gasteiger partial charge on any atom is -0.476 e. The number of nitrogens with zero attached hydrogens (tertiary/aromatic N) is 1. The van der Waals surface area contributed by atoms with Gasteiger partial charge in [-0.05, 0) is 28.1 Å². The number of rotatable bonds is 1. The van der Waals surface area contributed by atoms with E-state index in [2.05, 4.69) is 20.9 Å². The Kier molecular flexibility index (Phi) is 3.02. The number of fused-ring (bicyclic) bond motifs is 3. The molecular formula is C12H6BrF2NO3S. The lowest BCUT2D eigenvalue weighted by Crippen LogP contribution is -2.29. The monoisotopic (exact) mass is 361 g/mol. The highest BCUT2D eigenvalue weighted by Crippen LogP contribution is 2.49. The molecule has 1 atom stereocenters. The second-order valence-electron chi connectivity index (χ2n) is 4.05. The van der Waals surface area contributed by atoms with Gasteiger partial charge in [-0.25, -0.2) is 9.78 Å². The second-order valence-corrected chi connectivity index (χ2v) is 5.89. The van der Waals surface area contributed by atoms with Crippen LogP contribution in [0.15, 0.2) is 24.3 Å². The van der Waals surface area contributed by atoms with Crippen molar-refractivity contribution in [3.63, 3.8) is 0 Å². The van der Waals surface area contributed by atoms with Crippen LogP contribution in [0, 0.1) is 0 Å². The average Bonchev–Trinajstić information content (AvgIpc) is 2.82. The fourth-order valence-corrected chi connectivity index (χ4v) is 3.37. The Hall–Kier alpha value is -1.54. The van der Waals surface area contributed by atoms with Crippen LogP contribution in [0.5, 0.6) is 5.75 Å². The summed E-state index contributed by atoms with van der Waals surface area (Å²) in [7, 11) is 0. The Morgan fingerprint density at radius 1 is 1.45 bits per heavy atom. The normalized spacial score (nSPS) is 19.4. The molecule has 1 unspecified atom stereocenters. The second kappa shape index (κ2) is 4.49. The number of para-hydroxylation sites is 1. The van der Waals surface area contributed by atoms with Crippen molar-refractivity contribution < 1.29 is 23.4 Å². The third-order valence-electron chi connectivity index (χ3n) is 2.77. The Morgan fingerprint density at radius 2 is 2.15 bits per heavy atom. The zero-order valence-corrected chi connectivity index (χ0v) is 12.0. The number of carbonyl (C=O) groups is 1. The number of ether oxygens (including phenoxy) is 1. The van der Waals surface area contributed by atoms with Crippen LogP contribution in [0.1, 0.15) is 14.7 Å². The lowest BCUT2D eigenvalue weighted by molar-refractivity contribution is -0.0552. The molecule has 1 aliphatic heterocycles. The molecule has 4 nitrogen and oxygen atoms in total. The molecule has 0 radical (unpaired) electrons. The summed E-state index contributed by atoms with van der Waals surface area (Å²) in [4.78, 5) is 14.4. The topological polar surface area (TPSA) is 59.4 Å². The van der Waals surface area contributed by atoms with Crippen LogP contribution in [-0.4, -0.2) is 21.1 Å². The van der Waals surface area contributed by atoms with Crippen molar-refractivity contribution in [3.8, 4) is 17.0 Å². The summed E-state index contributed by atoms with van der Waals surface area (Å²) in [5.74, 6) is -4.47. The molecule has 0 fully saturated rings. The van der Waals surface area contributed by atoms with Crippen molar-refractivity contribution >= 4 is 33.2 Å². The van der Waals surface area contributed by atoms with Crippen molar-refractivity contribution in [1.82, 2.24) is 4.98 Å². The number of carboxylic acid groups (broad SMARTS) is 1. The summed E-state index contributed by atoms with van der Waals surface area (Å²) in [5.41, 5.74) is 0.308. The van der Waals surface area contributed by atoms with E-state index in [9.17, 15) is 13.6 Å². The molecule has 0 saturated heterocycles. The summed E-state index contributed by atoms with van der Waals surface area (Å²) in [6, 6.07) is 6.40. The molecule has 3 rings (SSSR count). The zero-order valence-electron chi connectivity index (χ0n) is 9.64. The van der Waals surface area contributed by atoms with Crippen LogP contribution in [0.25, 0.3) is 11.3 Å². The molecule has 1 N–H and O–H groups in total. The molecule has 1 aliphatic rings. The third-order valence-corrected chi connectivity index (χ3v) is 4.66. The number of hydrogen-bond donors (Lipinski definition) is 1. The molecule has 0 saturated carbocycles. The lowest BCUT2D eigenvalue weighted by atomic mass is 10.1. The fraction of sp³-hybridized carbons (Fsp3) is 0.167. The van der Waals surface area contributed by atoms with E-state index >= 15 is 0 Å². The zero-order chi connectivity index (χ0) is 14.5. The van der Waals surface area contributed by atoms with Gasteiger partial charge in [-0.2, -0.15) is 8.78 Å². The highest BCUT2D eigenvalue weighted by atomic mass is 79.9. The van der Waals surface area contributed by atoms with Crippen molar-refractivity contribution in [2.75, 3.05) is 0 Å². The minimum absolute atomic E-state index is 0.0463. The minimum atomic E-state index is -3.38. The summed E-state index contributed by atoms with van der Waals surface area (Å²) < 4.78 is 33.8. The lowest BCUT2D eigenvalue weighted by Gasteiger charge is -2.19. The van der Waals surface area contributed by atoms with Gasteiger partial charge in [0.25, 0.3) is 0 Å². The van der Waals surface area contributed by atoms with Crippen LogP contribution in [0.3, 0.4) is 0 Å². The highest BCUT2D eigenvalue weighted by molar-refractivity contribution is 9.09. The number of aromatic carboxylic acids is 1. The van der Waals surface area contributed by atoms with Gasteiger partial charge in [-0.1, -0.05) is 12.1 Å². The van der Waals surface area contributed by atoms with E-state index in [1.165, 1.54) is 6.07 Å². The van der Waals surface area contributed by atoms with Gasteiger partial charge in [-0.15, -0.1) is 11.3 Å². The van der Waals surface area contributed by atoms with Gasteiger partial charge in [0.1, 0.15) is 10.6 Å². The number of thiazole rings is 1. The first-order chi connectivity index (χ1) is 9.41. The molecule has 20 heavy (non-hydrogen) atoms. The Bertz CT molecular complexity index is 704. The van der Waals surface area contributed by atoms with Gasteiger partial charge in [0.15, 0.2) is 0 Å². The number of carboxylic acids is 1. The number of alkyl halides is 3. The number of hydrogen-bond acceptors (Lipinski definition) is 4. The molecule has 0 spiro atoms. The first-order valence-electron chi connectivity index (χ1n) is 5.44. The van der Waals surface area contributed by atoms with Crippen LogP contribution < -0.4 is 4.74 Å². The molecule has 8 heteroatoms. The molecule has 2 heterocycles. The molecular weight excluding hydrogens is 356 g/mol. The van der Waals surface area contributed by atoms with Crippen molar-refractivity contribution in [2.45, 2.75) is 10.9 Å². The smallest absolute Gasteiger partial charge is 0.365 e. The number of halogens is 3. The molecule has 0 bridgehead atoms. The molecule has 104 valence electrons. The summed E-state index contributed by atoms with van der Waals surface area (Å²) in [6.45, 7) is 0.